The molecular formula is C18H22N2OS. The summed E-state index contributed by atoms with van der Waals surface area (Å²) in [5.74, 6) is 0.143. The smallest absolute Gasteiger partial charge is 0.254 e. The Hall–Kier alpha value is -1.81. The molecule has 0 spiro atoms. The molecule has 1 aliphatic heterocycles. The highest BCUT2D eigenvalue weighted by molar-refractivity contribution is 7.09. The second-order valence-electron chi connectivity index (χ2n) is 5.97. The molecule has 1 aliphatic rings. The maximum atomic E-state index is 13.1. The van der Waals surface area contributed by atoms with Crippen LogP contribution in [0.4, 0.5) is 5.69 Å². The Balaban J connectivity index is 1.90. The number of benzene rings is 1. The molecule has 2 aromatic rings. The summed E-state index contributed by atoms with van der Waals surface area (Å²) in [6, 6.07) is 10.3. The van der Waals surface area contributed by atoms with Gasteiger partial charge in [-0.3, -0.25) is 4.79 Å². The highest BCUT2D eigenvalue weighted by Gasteiger charge is 2.24. The first-order chi connectivity index (χ1) is 10.7. The Kier molecular flexibility index (Phi) is 4.48. The summed E-state index contributed by atoms with van der Waals surface area (Å²) in [4.78, 5) is 16.3. The highest BCUT2D eigenvalue weighted by Crippen LogP contribution is 2.27. The van der Waals surface area contributed by atoms with Crippen LogP contribution in [0.15, 0.2) is 35.7 Å². The fourth-order valence-corrected chi connectivity index (χ4v) is 3.63. The van der Waals surface area contributed by atoms with Gasteiger partial charge in [0.2, 0.25) is 0 Å². The van der Waals surface area contributed by atoms with Gasteiger partial charge in [-0.15, -0.1) is 11.3 Å². The van der Waals surface area contributed by atoms with Crippen molar-refractivity contribution in [2.45, 2.75) is 39.3 Å². The number of rotatable bonds is 4. The average molecular weight is 314 g/mol. The lowest BCUT2D eigenvalue weighted by Crippen LogP contribution is -2.37. The fourth-order valence-electron chi connectivity index (χ4n) is 2.92. The summed E-state index contributed by atoms with van der Waals surface area (Å²) in [5, 5.41) is 5.47. The van der Waals surface area contributed by atoms with Gasteiger partial charge in [0.15, 0.2) is 0 Å². The molecule has 1 aromatic heterocycles. The zero-order valence-corrected chi connectivity index (χ0v) is 14.0. The summed E-state index contributed by atoms with van der Waals surface area (Å²) in [6.45, 7) is 5.84. The summed E-state index contributed by atoms with van der Waals surface area (Å²) >= 11 is 1.70. The number of nitrogens with one attached hydrogen (secondary N) is 1. The van der Waals surface area contributed by atoms with E-state index in [4.69, 9.17) is 0 Å². The van der Waals surface area contributed by atoms with Crippen molar-refractivity contribution in [3.05, 3.63) is 51.7 Å². The van der Waals surface area contributed by atoms with Gasteiger partial charge in [-0.2, -0.15) is 0 Å². The molecule has 1 aromatic carbocycles. The van der Waals surface area contributed by atoms with Gasteiger partial charge in [0.05, 0.1) is 6.54 Å². The second kappa shape index (κ2) is 6.53. The number of nitrogens with zero attached hydrogens (tertiary/aromatic N) is 1. The SMILES string of the molecule is CC(C)N(Cc1cccs1)C(=O)c1cccc2c1CCCN2. The van der Waals surface area contributed by atoms with Crippen molar-refractivity contribution in [3.8, 4) is 0 Å². The highest BCUT2D eigenvalue weighted by atomic mass is 32.1. The van der Waals surface area contributed by atoms with Gasteiger partial charge in [0.25, 0.3) is 5.91 Å². The topological polar surface area (TPSA) is 32.3 Å². The average Bonchev–Trinajstić information content (AvgIpc) is 3.04. The first-order valence-electron chi connectivity index (χ1n) is 7.86. The largest absolute Gasteiger partial charge is 0.385 e. The maximum Gasteiger partial charge on any atom is 0.254 e. The Labute approximate surface area is 136 Å². The van der Waals surface area contributed by atoms with E-state index in [-0.39, 0.29) is 11.9 Å². The number of carbonyl (C=O) groups is 1. The third kappa shape index (κ3) is 3.02. The third-order valence-electron chi connectivity index (χ3n) is 4.12. The van der Waals surface area contributed by atoms with Crippen LogP contribution in [0.1, 0.15) is 41.1 Å². The molecule has 0 fully saturated rings. The molecule has 4 heteroatoms. The number of amides is 1. The number of hydrogen-bond acceptors (Lipinski definition) is 3. The molecule has 0 saturated carbocycles. The van der Waals surface area contributed by atoms with Crippen LogP contribution < -0.4 is 5.32 Å². The van der Waals surface area contributed by atoms with Crippen molar-refractivity contribution in [2.75, 3.05) is 11.9 Å². The molecule has 0 saturated heterocycles. The van der Waals surface area contributed by atoms with Crippen molar-refractivity contribution >= 4 is 22.9 Å². The molecule has 3 nitrogen and oxygen atoms in total. The molecule has 0 bridgehead atoms. The van der Waals surface area contributed by atoms with Crippen molar-refractivity contribution in [3.63, 3.8) is 0 Å². The first kappa shape index (κ1) is 15.1. The van der Waals surface area contributed by atoms with E-state index in [9.17, 15) is 4.79 Å². The molecule has 116 valence electrons. The molecule has 22 heavy (non-hydrogen) atoms. The van der Waals surface area contributed by atoms with E-state index >= 15 is 0 Å². The van der Waals surface area contributed by atoms with E-state index in [1.54, 1.807) is 11.3 Å². The van der Waals surface area contributed by atoms with Gasteiger partial charge < -0.3 is 10.2 Å². The van der Waals surface area contributed by atoms with Crippen LogP contribution in [0.25, 0.3) is 0 Å². The molecular weight excluding hydrogens is 292 g/mol. The summed E-state index contributed by atoms with van der Waals surface area (Å²) in [6.07, 6.45) is 2.07. The number of thiophene rings is 1. The number of carbonyl (C=O) groups excluding carboxylic acids is 1. The van der Waals surface area contributed by atoms with Crippen LogP contribution in [0.5, 0.6) is 0 Å². The zero-order valence-electron chi connectivity index (χ0n) is 13.1. The van der Waals surface area contributed by atoms with Crippen LogP contribution >= 0.6 is 11.3 Å². The van der Waals surface area contributed by atoms with Gasteiger partial charge in [0, 0.05) is 28.7 Å². The maximum absolute atomic E-state index is 13.1. The van der Waals surface area contributed by atoms with Crippen LogP contribution in [-0.2, 0) is 13.0 Å². The van der Waals surface area contributed by atoms with Gasteiger partial charge in [-0.25, -0.2) is 0 Å². The molecule has 0 radical (unpaired) electrons. The number of anilines is 1. The molecule has 1 N–H and O–H groups in total. The normalized spacial score (nSPS) is 13.6. The monoisotopic (exact) mass is 314 g/mol. The predicted octanol–water partition coefficient (Wildman–Crippen LogP) is 4.16. The van der Waals surface area contributed by atoms with Crippen LogP contribution in [0.3, 0.4) is 0 Å². The third-order valence-corrected chi connectivity index (χ3v) is 4.98. The molecule has 2 heterocycles. The Bertz CT molecular complexity index is 649. The van der Waals surface area contributed by atoms with Crippen molar-refractivity contribution in [2.24, 2.45) is 0 Å². The molecule has 3 rings (SSSR count). The Morgan fingerprint density at radius 1 is 1.32 bits per heavy atom. The molecule has 0 atom stereocenters. The van der Waals surface area contributed by atoms with Gasteiger partial charge in [-0.05, 0) is 55.8 Å². The number of fused-ring (bicyclic) bond motifs is 1. The van der Waals surface area contributed by atoms with Gasteiger partial charge in [0.1, 0.15) is 0 Å². The molecule has 1 amide bonds. The summed E-state index contributed by atoms with van der Waals surface area (Å²) in [7, 11) is 0. The van der Waals surface area contributed by atoms with Crippen LogP contribution in [0.2, 0.25) is 0 Å². The number of hydrogen-bond donors (Lipinski definition) is 1. The Morgan fingerprint density at radius 3 is 2.91 bits per heavy atom. The van der Waals surface area contributed by atoms with E-state index in [1.807, 2.05) is 23.1 Å². The lowest BCUT2D eigenvalue weighted by molar-refractivity contribution is 0.0691. The van der Waals surface area contributed by atoms with E-state index < -0.39 is 0 Å². The lowest BCUT2D eigenvalue weighted by atomic mass is 9.96. The lowest BCUT2D eigenvalue weighted by Gasteiger charge is -2.29. The van der Waals surface area contributed by atoms with E-state index in [2.05, 4.69) is 36.7 Å². The minimum atomic E-state index is 0.143. The quantitative estimate of drug-likeness (QED) is 0.919. The van der Waals surface area contributed by atoms with E-state index in [0.29, 0.717) is 6.54 Å². The summed E-state index contributed by atoms with van der Waals surface area (Å²) in [5.41, 5.74) is 3.16. The minimum absolute atomic E-state index is 0.143. The predicted molar refractivity (Wildman–Crippen MR) is 92.6 cm³/mol. The van der Waals surface area contributed by atoms with Crippen molar-refractivity contribution in [1.82, 2.24) is 4.90 Å². The van der Waals surface area contributed by atoms with Crippen LogP contribution in [0, 0.1) is 0 Å². The molecule has 0 aliphatic carbocycles. The van der Waals surface area contributed by atoms with E-state index in [1.165, 1.54) is 10.4 Å². The Morgan fingerprint density at radius 2 is 2.18 bits per heavy atom. The van der Waals surface area contributed by atoms with Crippen molar-refractivity contribution < 1.29 is 4.79 Å². The zero-order chi connectivity index (χ0) is 15.5. The van der Waals surface area contributed by atoms with Gasteiger partial charge in [-0.1, -0.05) is 12.1 Å². The van der Waals surface area contributed by atoms with Crippen LogP contribution in [-0.4, -0.2) is 23.4 Å². The second-order valence-corrected chi connectivity index (χ2v) is 7.00. The molecule has 0 unspecified atom stereocenters. The standard InChI is InChI=1S/C18H22N2OS/c1-13(2)20(12-14-6-5-11-22-14)18(21)16-7-3-9-17-15(16)8-4-10-19-17/h3,5-7,9,11,13,19H,4,8,10,12H2,1-2H3. The minimum Gasteiger partial charge on any atom is -0.385 e. The van der Waals surface area contributed by atoms with E-state index in [0.717, 1.165) is 30.6 Å². The first-order valence-corrected chi connectivity index (χ1v) is 8.74. The van der Waals surface area contributed by atoms with Crippen molar-refractivity contribution in [1.29, 1.82) is 0 Å². The van der Waals surface area contributed by atoms with Gasteiger partial charge >= 0.3 is 0 Å². The summed E-state index contributed by atoms with van der Waals surface area (Å²) < 4.78 is 0. The fraction of sp³-hybridized carbons (Fsp3) is 0.389.